The summed E-state index contributed by atoms with van der Waals surface area (Å²) >= 11 is 3.16. The molecule has 0 unspecified atom stereocenters. The zero-order valence-corrected chi connectivity index (χ0v) is 8.73. The third-order valence-electron chi connectivity index (χ3n) is 1.72. The van der Waals surface area contributed by atoms with Crippen LogP contribution in [0.1, 0.15) is 5.56 Å². The van der Waals surface area contributed by atoms with Gasteiger partial charge in [-0.2, -0.15) is 0 Å². The highest BCUT2D eigenvalue weighted by molar-refractivity contribution is 9.10. The maximum atomic E-state index is 10.4. The minimum Gasteiger partial charge on any atom is -0.481 e. The summed E-state index contributed by atoms with van der Waals surface area (Å²) < 4.78 is 0.561. The third-order valence-corrected chi connectivity index (χ3v) is 2.46. The highest BCUT2D eigenvalue weighted by atomic mass is 79.9. The second-order valence-corrected chi connectivity index (χ2v) is 3.65. The highest BCUT2D eigenvalue weighted by Gasteiger charge is 2.13. The van der Waals surface area contributed by atoms with E-state index in [0.29, 0.717) is 15.5 Å². The molecule has 0 aliphatic heterocycles. The minimum absolute atomic E-state index is 0.0949. The SMILES string of the molecule is O=C(O)Cc1ccc(B(O)O)cc1Br. The van der Waals surface area contributed by atoms with E-state index in [1.165, 1.54) is 12.1 Å². The van der Waals surface area contributed by atoms with E-state index >= 15 is 0 Å². The van der Waals surface area contributed by atoms with E-state index in [9.17, 15) is 4.79 Å². The Kier molecular flexibility index (Phi) is 3.68. The number of carboxylic acid groups (broad SMARTS) is 1. The molecule has 0 saturated carbocycles. The van der Waals surface area contributed by atoms with Gasteiger partial charge in [0.2, 0.25) is 0 Å². The second kappa shape index (κ2) is 4.59. The van der Waals surface area contributed by atoms with Gasteiger partial charge < -0.3 is 15.2 Å². The Morgan fingerprint density at radius 2 is 2.07 bits per heavy atom. The van der Waals surface area contributed by atoms with E-state index in [4.69, 9.17) is 15.2 Å². The summed E-state index contributed by atoms with van der Waals surface area (Å²) in [6.07, 6.45) is -0.0949. The Hall–Kier alpha value is -0.845. The van der Waals surface area contributed by atoms with Crippen molar-refractivity contribution in [1.82, 2.24) is 0 Å². The van der Waals surface area contributed by atoms with Crippen LogP contribution in [0.4, 0.5) is 0 Å². The summed E-state index contributed by atoms with van der Waals surface area (Å²) in [5, 5.41) is 26.2. The van der Waals surface area contributed by atoms with E-state index in [2.05, 4.69) is 15.9 Å². The van der Waals surface area contributed by atoms with Crippen molar-refractivity contribution in [2.24, 2.45) is 0 Å². The van der Waals surface area contributed by atoms with Gasteiger partial charge in [0.15, 0.2) is 0 Å². The first-order valence-electron chi connectivity index (χ1n) is 3.87. The Bertz CT molecular complexity index is 353. The molecule has 0 aliphatic carbocycles. The van der Waals surface area contributed by atoms with Crippen LogP contribution in [-0.4, -0.2) is 28.2 Å². The lowest BCUT2D eigenvalue weighted by molar-refractivity contribution is -0.136. The standard InChI is InChI=1S/C8H8BBrO4/c10-7-4-6(9(13)14)2-1-5(7)3-8(11)12/h1-2,4,13-14H,3H2,(H,11,12). The number of carbonyl (C=O) groups is 1. The fraction of sp³-hybridized carbons (Fsp3) is 0.125. The highest BCUT2D eigenvalue weighted by Crippen LogP contribution is 2.15. The zero-order valence-electron chi connectivity index (χ0n) is 7.14. The van der Waals surface area contributed by atoms with Crippen molar-refractivity contribution in [3.63, 3.8) is 0 Å². The number of aliphatic carboxylic acids is 1. The predicted octanol–water partition coefficient (Wildman–Crippen LogP) is -0.244. The lowest BCUT2D eigenvalue weighted by atomic mass is 9.80. The Balaban J connectivity index is 2.95. The molecule has 3 N–H and O–H groups in total. The van der Waals surface area contributed by atoms with E-state index < -0.39 is 13.1 Å². The van der Waals surface area contributed by atoms with Crippen LogP contribution in [0.3, 0.4) is 0 Å². The summed E-state index contributed by atoms with van der Waals surface area (Å²) in [5.41, 5.74) is 0.924. The van der Waals surface area contributed by atoms with Crippen molar-refractivity contribution in [1.29, 1.82) is 0 Å². The molecule has 74 valence electrons. The molecule has 4 nitrogen and oxygen atoms in total. The van der Waals surface area contributed by atoms with Crippen molar-refractivity contribution in [2.45, 2.75) is 6.42 Å². The number of carboxylic acids is 1. The van der Waals surface area contributed by atoms with Crippen molar-refractivity contribution in [3.8, 4) is 0 Å². The van der Waals surface area contributed by atoms with Crippen LogP contribution in [0.5, 0.6) is 0 Å². The van der Waals surface area contributed by atoms with Gasteiger partial charge in [0.25, 0.3) is 0 Å². The molecule has 0 aliphatic rings. The fourth-order valence-corrected chi connectivity index (χ4v) is 1.57. The zero-order chi connectivity index (χ0) is 10.7. The molecule has 0 aromatic heterocycles. The molecule has 0 amide bonds. The second-order valence-electron chi connectivity index (χ2n) is 2.80. The minimum atomic E-state index is -1.54. The first kappa shape index (κ1) is 11.2. The van der Waals surface area contributed by atoms with E-state index in [0.717, 1.165) is 0 Å². The molecule has 0 bridgehead atoms. The molecular weight excluding hydrogens is 251 g/mol. The summed E-state index contributed by atoms with van der Waals surface area (Å²) in [5.74, 6) is -0.928. The van der Waals surface area contributed by atoms with E-state index in [-0.39, 0.29) is 6.42 Å². The van der Waals surface area contributed by atoms with Crippen molar-refractivity contribution in [2.75, 3.05) is 0 Å². The van der Waals surface area contributed by atoms with Gasteiger partial charge in [0.1, 0.15) is 0 Å². The van der Waals surface area contributed by atoms with Gasteiger partial charge in [-0.05, 0) is 17.1 Å². The summed E-state index contributed by atoms with van der Waals surface area (Å²) in [7, 11) is -1.54. The normalized spacial score (nSPS) is 9.93. The van der Waals surface area contributed by atoms with Gasteiger partial charge in [-0.15, -0.1) is 0 Å². The Morgan fingerprint density at radius 1 is 1.43 bits per heavy atom. The van der Waals surface area contributed by atoms with Crippen molar-refractivity contribution < 1.29 is 19.9 Å². The average Bonchev–Trinajstić information content (AvgIpc) is 2.07. The van der Waals surface area contributed by atoms with Crippen molar-refractivity contribution >= 4 is 34.5 Å². The number of hydrogen-bond donors (Lipinski definition) is 3. The monoisotopic (exact) mass is 258 g/mol. The van der Waals surface area contributed by atoms with Crippen LogP contribution in [0.15, 0.2) is 22.7 Å². The molecule has 0 spiro atoms. The maximum Gasteiger partial charge on any atom is 0.488 e. The van der Waals surface area contributed by atoms with Gasteiger partial charge in [0.05, 0.1) is 6.42 Å². The Labute approximate surface area is 89.5 Å². The molecule has 14 heavy (non-hydrogen) atoms. The number of rotatable bonds is 3. The first-order valence-corrected chi connectivity index (χ1v) is 4.66. The van der Waals surface area contributed by atoms with Gasteiger partial charge in [0, 0.05) is 4.47 Å². The maximum absolute atomic E-state index is 10.4. The van der Waals surface area contributed by atoms with Crippen LogP contribution in [0.25, 0.3) is 0 Å². The van der Waals surface area contributed by atoms with Gasteiger partial charge in [-0.3, -0.25) is 4.79 Å². The molecule has 0 heterocycles. The largest absolute Gasteiger partial charge is 0.488 e. The molecule has 6 heteroatoms. The van der Waals surface area contributed by atoms with Crippen molar-refractivity contribution in [3.05, 3.63) is 28.2 Å². The lowest BCUT2D eigenvalue weighted by Gasteiger charge is -2.04. The average molecular weight is 259 g/mol. The molecule has 1 aromatic rings. The molecule has 0 radical (unpaired) electrons. The van der Waals surface area contributed by atoms with E-state index in [1.54, 1.807) is 6.07 Å². The van der Waals surface area contributed by atoms with Crippen LogP contribution in [-0.2, 0) is 11.2 Å². The molecule has 0 atom stereocenters. The first-order chi connectivity index (χ1) is 6.50. The molecule has 0 fully saturated rings. The van der Waals surface area contributed by atoms with Gasteiger partial charge >= 0.3 is 13.1 Å². The predicted molar refractivity (Wildman–Crippen MR) is 55.3 cm³/mol. The topological polar surface area (TPSA) is 77.8 Å². The lowest BCUT2D eigenvalue weighted by Crippen LogP contribution is -2.29. The molecular formula is C8H8BBrO4. The van der Waals surface area contributed by atoms with Crippen LogP contribution >= 0.6 is 15.9 Å². The van der Waals surface area contributed by atoms with Gasteiger partial charge in [-0.25, -0.2) is 0 Å². The van der Waals surface area contributed by atoms with E-state index in [1.807, 2.05) is 0 Å². The number of benzene rings is 1. The molecule has 1 rings (SSSR count). The number of hydrogen-bond acceptors (Lipinski definition) is 3. The summed E-state index contributed by atoms with van der Waals surface area (Å²) in [4.78, 5) is 10.4. The third kappa shape index (κ3) is 2.83. The summed E-state index contributed by atoms with van der Waals surface area (Å²) in [6.45, 7) is 0. The number of halogens is 1. The van der Waals surface area contributed by atoms with Crippen LogP contribution in [0.2, 0.25) is 0 Å². The van der Waals surface area contributed by atoms with Crippen LogP contribution in [0, 0.1) is 0 Å². The molecule has 1 aromatic carbocycles. The quantitative estimate of drug-likeness (QED) is 0.654. The van der Waals surface area contributed by atoms with Gasteiger partial charge in [-0.1, -0.05) is 28.1 Å². The Morgan fingerprint density at radius 3 is 2.50 bits per heavy atom. The molecule has 0 saturated heterocycles. The van der Waals surface area contributed by atoms with Crippen LogP contribution < -0.4 is 5.46 Å². The fourth-order valence-electron chi connectivity index (χ4n) is 1.03. The summed E-state index contributed by atoms with van der Waals surface area (Å²) in [6, 6.07) is 4.52. The smallest absolute Gasteiger partial charge is 0.481 e.